The summed E-state index contributed by atoms with van der Waals surface area (Å²) in [5.41, 5.74) is 0.184. The smallest absolute Gasteiger partial charge is 0.273 e. The van der Waals surface area contributed by atoms with Crippen LogP contribution in [0.1, 0.15) is 20.8 Å². The highest BCUT2D eigenvalue weighted by Gasteiger charge is 2.29. The zero-order valence-corrected chi connectivity index (χ0v) is 15.6. The summed E-state index contributed by atoms with van der Waals surface area (Å²) in [4.78, 5) is 0. The largest absolute Gasteiger partial charge is 0.291 e. The predicted molar refractivity (Wildman–Crippen MR) is 87.2 cm³/mol. The molecule has 2 N–H and O–H groups in total. The molecule has 1 aromatic carbocycles. The van der Waals surface area contributed by atoms with E-state index in [1.807, 2.05) is 39.0 Å². The molecule has 2 aromatic rings. The van der Waals surface area contributed by atoms with Crippen LogP contribution in [0.2, 0.25) is 0 Å². The van der Waals surface area contributed by atoms with Crippen molar-refractivity contribution in [3.8, 4) is 11.4 Å². The van der Waals surface area contributed by atoms with Crippen LogP contribution in [0.4, 0.5) is 0 Å². The highest BCUT2D eigenvalue weighted by Crippen LogP contribution is 2.31. The zero-order chi connectivity index (χ0) is 16.0. The molecule has 2 rings (SSSR count). The number of halogens is 2. The fraction of sp³-hybridized carbons (Fsp3) is 0.333. The molecule has 0 unspecified atom stereocenters. The maximum absolute atomic E-state index is 11.7. The SMILES string of the molecule is CC(C)(C)n1c(-c2cc(Br)cc(Br)c2)nnc1S(N)(=O)=O. The number of hydrogen-bond acceptors (Lipinski definition) is 4. The monoisotopic (exact) mass is 436 g/mol. The maximum Gasteiger partial charge on any atom is 0.273 e. The van der Waals surface area contributed by atoms with Crippen LogP contribution in [0.3, 0.4) is 0 Å². The molecule has 0 spiro atoms. The topological polar surface area (TPSA) is 90.9 Å². The molecule has 0 aliphatic heterocycles. The third-order valence-electron chi connectivity index (χ3n) is 2.68. The van der Waals surface area contributed by atoms with Crippen LogP contribution in [-0.2, 0) is 15.6 Å². The van der Waals surface area contributed by atoms with E-state index in [1.165, 1.54) is 4.57 Å². The Bertz CT molecular complexity index is 774. The molecule has 0 radical (unpaired) electrons. The van der Waals surface area contributed by atoms with Crippen molar-refractivity contribution in [3.05, 3.63) is 27.1 Å². The molecule has 0 saturated heterocycles. The van der Waals surface area contributed by atoms with Gasteiger partial charge < -0.3 is 0 Å². The molecule has 0 bridgehead atoms. The van der Waals surface area contributed by atoms with Crippen molar-refractivity contribution in [3.63, 3.8) is 0 Å². The molecule has 1 heterocycles. The van der Waals surface area contributed by atoms with E-state index in [0.29, 0.717) is 5.82 Å². The minimum absolute atomic E-state index is 0.249. The number of aromatic nitrogens is 3. The van der Waals surface area contributed by atoms with Gasteiger partial charge in [0.1, 0.15) is 0 Å². The van der Waals surface area contributed by atoms with E-state index in [4.69, 9.17) is 5.14 Å². The number of nitrogens with two attached hydrogens (primary N) is 1. The lowest BCUT2D eigenvalue weighted by Crippen LogP contribution is -2.29. The fourth-order valence-electron chi connectivity index (χ4n) is 1.93. The van der Waals surface area contributed by atoms with Crippen LogP contribution < -0.4 is 5.14 Å². The molecule has 9 heteroatoms. The first-order valence-electron chi connectivity index (χ1n) is 5.95. The minimum Gasteiger partial charge on any atom is -0.291 e. The molecule has 0 amide bonds. The second-order valence-corrected chi connectivity index (χ2v) is 8.80. The highest BCUT2D eigenvalue weighted by atomic mass is 79.9. The molecule has 0 saturated carbocycles. The van der Waals surface area contributed by atoms with Crippen molar-refractivity contribution < 1.29 is 8.42 Å². The van der Waals surface area contributed by atoms with Crippen molar-refractivity contribution in [1.82, 2.24) is 14.8 Å². The van der Waals surface area contributed by atoms with Crippen LogP contribution in [0.25, 0.3) is 11.4 Å². The van der Waals surface area contributed by atoms with Gasteiger partial charge in [0.05, 0.1) is 0 Å². The first-order valence-corrected chi connectivity index (χ1v) is 9.08. The summed E-state index contributed by atoms with van der Waals surface area (Å²) in [5, 5.41) is 12.8. The lowest BCUT2D eigenvalue weighted by molar-refractivity contribution is 0.366. The van der Waals surface area contributed by atoms with Gasteiger partial charge in [0.25, 0.3) is 15.2 Å². The number of primary sulfonamides is 1. The van der Waals surface area contributed by atoms with Gasteiger partial charge in [-0.25, -0.2) is 13.6 Å². The molecule has 1 aromatic heterocycles. The second kappa shape index (κ2) is 5.45. The molecular weight excluding hydrogens is 424 g/mol. The van der Waals surface area contributed by atoms with E-state index in [2.05, 4.69) is 42.1 Å². The Morgan fingerprint density at radius 2 is 1.62 bits per heavy atom. The molecule has 0 fully saturated rings. The first-order chi connectivity index (χ1) is 9.50. The highest BCUT2D eigenvalue weighted by molar-refractivity contribution is 9.11. The van der Waals surface area contributed by atoms with Crippen LogP contribution in [0.15, 0.2) is 32.3 Å². The molecule has 0 atom stereocenters. The summed E-state index contributed by atoms with van der Waals surface area (Å²) in [6, 6.07) is 5.55. The Hall–Kier alpha value is -0.770. The van der Waals surface area contributed by atoms with Gasteiger partial charge >= 0.3 is 0 Å². The Morgan fingerprint density at radius 3 is 2.05 bits per heavy atom. The third kappa shape index (κ3) is 3.53. The van der Waals surface area contributed by atoms with Gasteiger partial charge in [-0.2, -0.15) is 0 Å². The van der Waals surface area contributed by atoms with Crippen molar-refractivity contribution in [1.29, 1.82) is 0 Å². The fourth-order valence-corrected chi connectivity index (χ4v) is 3.99. The van der Waals surface area contributed by atoms with E-state index < -0.39 is 15.6 Å². The minimum atomic E-state index is -3.96. The van der Waals surface area contributed by atoms with Crippen LogP contribution in [0, 0.1) is 0 Å². The van der Waals surface area contributed by atoms with E-state index in [9.17, 15) is 8.42 Å². The van der Waals surface area contributed by atoms with E-state index >= 15 is 0 Å². The summed E-state index contributed by atoms with van der Waals surface area (Å²) in [6.07, 6.45) is 0. The average molecular weight is 438 g/mol. The third-order valence-corrected chi connectivity index (χ3v) is 4.37. The average Bonchev–Trinajstić information content (AvgIpc) is 2.70. The van der Waals surface area contributed by atoms with Crippen LogP contribution in [0.5, 0.6) is 0 Å². The Kier molecular flexibility index (Phi) is 4.31. The standard InChI is InChI=1S/C12H14Br2N4O2S/c1-12(2,3)18-10(16-17-11(18)21(15,19)20)7-4-8(13)6-9(14)5-7/h4-6H,1-3H3,(H2,15,19,20). The number of benzene rings is 1. The summed E-state index contributed by atoms with van der Waals surface area (Å²) in [5.74, 6) is 0.438. The van der Waals surface area contributed by atoms with Crippen molar-refractivity contribution >= 4 is 41.9 Å². The summed E-state index contributed by atoms with van der Waals surface area (Å²) in [7, 11) is -3.96. The van der Waals surface area contributed by atoms with Gasteiger partial charge in [0.2, 0.25) is 0 Å². The van der Waals surface area contributed by atoms with Gasteiger partial charge in [-0.1, -0.05) is 31.9 Å². The number of sulfonamides is 1. The summed E-state index contributed by atoms with van der Waals surface area (Å²) >= 11 is 6.80. The van der Waals surface area contributed by atoms with E-state index in [-0.39, 0.29) is 5.16 Å². The quantitative estimate of drug-likeness (QED) is 0.781. The van der Waals surface area contributed by atoms with E-state index in [0.717, 1.165) is 14.5 Å². The van der Waals surface area contributed by atoms with Gasteiger partial charge in [-0.05, 0) is 39.0 Å². The number of hydrogen-bond donors (Lipinski definition) is 1. The normalized spacial score (nSPS) is 12.7. The Morgan fingerprint density at radius 1 is 1.10 bits per heavy atom. The van der Waals surface area contributed by atoms with Gasteiger partial charge in [0.15, 0.2) is 5.82 Å². The lowest BCUT2D eigenvalue weighted by atomic mass is 10.1. The van der Waals surface area contributed by atoms with Crippen molar-refractivity contribution in [2.24, 2.45) is 5.14 Å². The van der Waals surface area contributed by atoms with Gasteiger partial charge in [0, 0.05) is 20.0 Å². The summed E-state index contributed by atoms with van der Waals surface area (Å²) in [6.45, 7) is 5.59. The molecule has 21 heavy (non-hydrogen) atoms. The number of rotatable bonds is 2. The molecule has 0 aliphatic rings. The molecule has 0 aliphatic carbocycles. The lowest BCUT2D eigenvalue weighted by Gasteiger charge is -2.24. The molecular formula is C12H14Br2N4O2S. The summed E-state index contributed by atoms with van der Waals surface area (Å²) < 4.78 is 26.6. The van der Waals surface area contributed by atoms with E-state index in [1.54, 1.807) is 0 Å². The molecule has 114 valence electrons. The first kappa shape index (κ1) is 16.6. The van der Waals surface area contributed by atoms with Crippen molar-refractivity contribution in [2.45, 2.75) is 31.5 Å². The number of nitrogens with zero attached hydrogens (tertiary/aromatic N) is 3. The van der Waals surface area contributed by atoms with Crippen LogP contribution in [-0.4, -0.2) is 23.2 Å². The Labute approximate surface area is 140 Å². The molecule has 6 nitrogen and oxygen atoms in total. The van der Waals surface area contributed by atoms with Gasteiger partial charge in [-0.3, -0.25) is 4.57 Å². The maximum atomic E-state index is 11.7. The second-order valence-electron chi connectivity index (χ2n) is 5.52. The zero-order valence-electron chi connectivity index (χ0n) is 11.6. The Balaban J connectivity index is 2.79. The van der Waals surface area contributed by atoms with Crippen molar-refractivity contribution in [2.75, 3.05) is 0 Å². The van der Waals surface area contributed by atoms with Crippen LogP contribution >= 0.6 is 31.9 Å². The predicted octanol–water partition coefficient (Wildman–Crippen LogP) is 2.87. The van der Waals surface area contributed by atoms with Gasteiger partial charge in [-0.15, -0.1) is 10.2 Å².